The molecule has 0 aliphatic carbocycles. The van der Waals surface area contributed by atoms with E-state index in [4.69, 9.17) is 9.47 Å². The number of nitrogens with zero attached hydrogens (tertiary/aromatic N) is 2. The SMILES string of the molecule is CCOc1ccc(/C(O)=C2/C(=O)C(=O)N(c3cc(C)ccc3C)C2c2cccnc2)c(OCC)c1. The Balaban J connectivity index is 1.96. The highest BCUT2D eigenvalue weighted by Crippen LogP contribution is 2.44. The van der Waals surface area contributed by atoms with Crippen LogP contribution >= 0.6 is 0 Å². The van der Waals surface area contributed by atoms with E-state index in [1.165, 1.54) is 4.90 Å². The zero-order valence-corrected chi connectivity index (χ0v) is 20.2. The molecule has 7 heteroatoms. The molecule has 2 aromatic carbocycles. The lowest BCUT2D eigenvalue weighted by Crippen LogP contribution is -2.30. The number of ether oxygens (including phenoxy) is 2. The van der Waals surface area contributed by atoms with E-state index in [9.17, 15) is 14.7 Å². The number of aliphatic hydroxyl groups excluding tert-OH is 1. The summed E-state index contributed by atoms with van der Waals surface area (Å²) < 4.78 is 11.3. The van der Waals surface area contributed by atoms with E-state index in [0.29, 0.717) is 41.5 Å². The molecule has 4 rings (SSSR count). The maximum atomic E-state index is 13.4. The molecule has 0 spiro atoms. The number of rotatable bonds is 7. The molecular weight excluding hydrogens is 444 g/mol. The van der Waals surface area contributed by atoms with E-state index < -0.39 is 17.7 Å². The number of carbonyl (C=O) groups is 2. The average molecular weight is 473 g/mol. The summed E-state index contributed by atoms with van der Waals surface area (Å²) in [7, 11) is 0. The Morgan fingerprint density at radius 1 is 1.03 bits per heavy atom. The second-order valence-electron chi connectivity index (χ2n) is 8.27. The van der Waals surface area contributed by atoms with E-state index in [-0.39, 0.29) is 11.3 Å². The number of carbonyl (C=O) groups excluding carboxylic acids is 2. The van der Waals surface area contributed by atoms with Crippen LogP contribution in [0.3, 0.4) is 0 Å². The topological polar surface area (TPSA) is 89.0 Å². The minimum Gasteiger partial charge on any atom is -0.507 e. The van der Waals surface area contributed by atoms with Crippen LogP contribution < -0.4 is 14.4 Å². The zero-order chi connectivity index (χ0) is 25.1. The van der Waals surface area contributed by atoms with Gasteiger partial charge >= 0.3 is 0 Å². The van der Waals surface area contributed by atoms with E-state index in [1.807, 2.05) is 45.9 Å². The molecule has 0 radical (unpaired) electrons. The summed E-state index contributed by atoms with van der Waals surface area (Å²) in [5.41, 5.74) is 3.29. The first-order chi connectivity index (χ1) is 16.9. The first-order valence-corrected chi connectivity index (χ1v) is 11.6. The lowest BCUT2D eigenvalue weighted by Gasteiger charge is -2.27. The molecule has 35 heavy (non-hydrogen) atoms. The highest BCUT2D eigenvalue weighted by molar-refractivity contribution is 6.51. The third-order valence-corrected chi connectivity index (χ3v) is 5.89. The summed E-state index contributed by atoms with van der Waals surface area (Å²) in [5, 5.41) is 11.5. The number of amides is 1. The largest absolute Gasteiger partial charge is 0.507 e. The van der Waals surface area contributed by atoms with Crippen molar-refractivity contribution in [3.8, 4) is 11.5 Å². The number of aromatic nitrogens is 1. The Kier molecular flexibility index (Phi) is 6.87. The van der Waals surface area contributed by atoms with Gasteiger partial charge in [-0.05, 0) is 68.7 Å². The summed E-state index contributed by atoms with van der Waals surface area (Å²) in [4.78, 5) is 32.5. The van der Waals surface area contributed by atoms with E-state index >= 15 is 0 Å². The molecule has 1 atom stereocenters. The molecule has 1 amide bonds. The fraction of sp³-hybridized carbons (Fsp3) is 0.250. The molecule has 1 aliphatic heterocycles. The van der Waals surface area contributed by atoms with Crippen LogP contribution in [0.5, 0.6) is 11.5 Å². The van der Waals surface area contributed by atoms with Gasteiger partial charge in [-0.2, -0.15) is 0 Å². The van der Waals surface area contributed by atoms with Gasteiger partial charge in [0.15, 0.2) is 0 Å². The van der Waals surface area contributed by atoms with Gasteiger partial charge in [0, 0.05) is 24.1 Å². The molecule has 1 N–H and O–H groups in total. The molecule has 1 fully saturated rings. The van der Waals surface area contributed by atoms with Gasteiger partial charge in [-0.3, -0.25) is 19.5 Å². The Hall–Kier alpha value is -4.13. The highest BCUT2D eigenvalue weighted by atomic mass is 16.5. The highest BCUT2D eigenvalue weighted by Gasteiger charge is 2.47. The van der Waals surface area contributed by atoms with Gasteiger partial charge in [-0.25, -0.2) is 0 Å². The Bertz CT molecular complexity index is 1300. The summed E-state index contributed by atoms with van der Waals surface area (Å²) in [6, 6.07) is 13.4. The van der Waals surface area contributed by atoms with Crippen molar-refractivity contribution in [1.29, 1.82) is 0 Å². The maximum Gasteiger partial charge on any atom is 0.300 e. The number of pyridine rings is 1. The number of aliphatic hydroxyl groups is 1. The molecule has 1 unspecified atom stereocenters. The molecule has 1 aromatic heterocycles. The van der Waals surface area contributed by atoms with Gasteiger partial charge < -0.3 is 14.6 Å². The second-order valence-corrected chi connectivity index (χ2v) is 8.27. The number of hydrogen-bond donors (Lipinski definition) is 1. The molecule has 3 aromatic rings. The quantitative estimate of drug-likeness (QED) is 0.292. The number of ketones is 1. The van der Waals surface area contributed by atoms with Crippen LogP contribution in [0.2, 0.25) is 0 Å². The number of hydrogen-bond acceptors (Lipinski definition) is 6. The van der Waals surface area contributed by atoms with Crippen molar-refractivity contribution in [3.63, 3.8) is 0 Å². The first-order valence-electron chi connectivity index (χ1n) is 11.6. The minimum atomic E-state index is -0.856. The third-order valence-electron chi connectivity index (χ3n) is 5.89. The van der Waals surface area contributed by atoms with Crippen molar-refractivity contribution in [1.82, 2.24) is 4.98 Å². The van der Waals surface area contributed by atoms with Crippen LogP contribution in [0.1, 0.15) is 42.1 Å². The molecule has 0 saturated carbocycles. The van der Waals surface area contributed by atoms with E-state index in [2.05, 4.69) is 4.98 Å². The van der Waals surface area contributed by atoms with Crippen molar-refractivity contribution in [2.24, 2.45) is 0 Å². The van der Waals surface area contributed by atoms with Gasteiger partial charge in [-0.15, -0.1) is 0 Å². The van der Waals surface area contributed by atoms with Gasteiger partial charge in [0.1, 0.15) is 17.3 Å². The normalized spacial score (nSPS) is 17.0. The summed E-state index contributed by atoms with van der Waals surface area (Å²) in [6.07, 6.45) is 3.22. The monoisotopic (exact) mass is 472 g/mol. The zero-order valence-electron chi connectivity index (χ0n) is 20.2. The minimum absolute atomic E-state index is 0.0194. The number of anilines is 1. The lowest BCUT2D eigenvalue weighted by atomic mass is 9.95. The van der Waals surface area contributed by atoms with Gasteiger partial charge in [-0.1, -0.05) is 18.2 Å². The molecule has 7 nitrogen and oxygen atoms in total. The third kappa shape index (κ3) is 4.49. The van der Waals surface area contributed by atoms with Crippen LogP contribution in [0.15, 0.2) is 66.5 Å². The lowest BCUT2D eigenvalue weighted by molar-refractivity contribution is -0.132. The van der Waals surface area contributed by atoms with Gasteiger partial charge in [0.05, 0.1) is 30.4 Å². The van der Waals surface area contributed by atoms with Crippen molar-refractivity contribution < 1.29 is 24.2 Å². The average Bonchev–Trinajstić information content (AvgIpc) is 3.12. The standard InChI is InChI=1S/C28H28N2O5/c1-5-34-20-11-12-21(23(15-20)35-6-2)26(31)24-25(19-8-7-13-29-16-19)30(28(33)27(24)32)22-14-17(3)9-10-18(22)4/h7-16,25,31H,5-6H2,1-4H3/b26-24-. The van der Waals surface area contributed by atoms with Crippen LogP contribution in [0.4, 0.5) is 5.69 Å². The van der Waals surface area contributed by atoms with Crippen molar-refractivity contribution in [3.05, 3.63) is 88.8 Å². The van der Waals surface area contributed by atoms with Crippen LogP contribution in [0, 0.1) is 13.8 Å². The molecule has 0 bridgehead atoms. The van der Waals surface area contributed by atoms with E-state index in [0.717, 1.165) is 11.1 Å². The molecule has 180 valence electrons. The van der Waals surface area contributed by atoms with Crippen molar-refractivity contribution >= 4 is 23.1 Å². The summed E-state index contributed by atoms with van der Waals surface area (Å²) in [5.74, 6) is -0.853. The van der Waals surface area contributed by atoms with Gasteiger partial charge in [0.2, 0.25) is 0 Å². The number of benzene rings is 2. The predicted octanol–water partition coefficient (Wildman–Crippen LogP) is 5.12. The Morgan fingerprint density at radius 2 is 1.80 bits per heavy atom. The smallest absolute Gasteiger partial charge is 0.300 e. The van der Waals surface area contributed by atoms with Crippen LogP contribution in [-0.2, 0) is 9.59 Å². The summed E-state index contributed by atoms with van der Waals surface area (Å²) in [6.45, 7) is 8.32. The van der Waals surface area contributed by atoms with Crippen molar-refractivity contribution in [2.45, 2.75) is 33.7 Å². The van der Waals surface area contributed by atoms with Gasteiger partial charge in [0.25, 0.3) is 11.7 Å². The predicted molar refractivity (Wildman–Crippen MR) is 134 cm³/mol. The fourth-order valence-electron chi connectivity index (χ4n) is 4.29. The number of Topliss-reactive ketones (excluding diaryl/α,β-unsaturated/α-hetero) is 1. The van der Waals surface area contributed by atoms with Crippen molar-refractivity contribution in [2.75, 3.05) is 18.1 Å². The molecular formula is C28H28N2O5. The van der Waals surface area contributed by atoms with Crippen LogP contribution in [-0.4, -0.2) is 35.0 Å². The first kappa shape index (κ1) is 24.0. The van der Waals surface area contributed by atoms with Crippen LogP contribution in [0.25, 0.3) is 5.76 Å². The molecule has 2 heterocycles. The molecule has 1 aliphatic rings. The molecule has 1 saturated heterocycles. The summed E-state index contributed by atoms with van der Waals surface area (Å²) >= 11 is 0. The second kappa shape index (κ2) is 10.0. The Morgan fingerprint density at radius 3 is 2.49 bits per heavy atom. The Labute approximate surface area is 204 Å². The van der Waals surface area contributed by atoms with E-state index in [1.54, 1.807) is 42.7 Å². The maximum absolute atomic E-state index is 13.4. The number of aryl methyl sites for hydroxylation is 2. The fourth-order valence-corrected chi connectivity index (χ4v) is 4.29.